The number of nitrogens with one attached hydrogen (secondary N) is 1. The highest BCUT2D eigenvalue weighted by atomic mass is 32.1. The van der Waals surface area contributed by atoms with Crippen LogP contribution in [0.3, 0.4) is 0 Å². The molecule has 0 unspecified atom stereocenters. The SMILES string of the molecule is CCOc1ccccc1C(=O)Nc1cccc(-c2nc3cccnc3s2)c1C. The topological polar surface area (TPSA) is 64.1 Å². The fourth-order valence-corrected chi connectivity index (χ4v) is 4.00. The number of pyridine rings is 1. The van der Waals surface area contributed by atoms with Gasteiger partial charge in [0.15, 0.2) is 0 Å². The Balaban J connectivity index is 1.66. The van der Waals surface area contributed by atoms with Crippen molar-refractivity contribution in [2.24, 2.45) is 0 Å². The van der Waals surface area contributed by atoms with Crippen molar-refractivity contribution in [1.29, 1.82) is 0 Å². The number of benzene rings is 2. The van der Waals surface area contributed by atoms with Gasteiger partial charge in [-0.3, -0.25) is 4.79 Å². The van der Waals surface area contributed by atoms with E-state index in [9.17, 15) is 4.79 Å². The van der Waals surface area contributed by atoms with E-state index in [1.165, 1.54) is 0 Å². The van der Waals surface area contributed by atoms with Crippen molar-refractivity contribution in [2.75, 3.05) is 11.9 Å². The lowest BCUT2D eigenvalue weighted by Gasteiger charge is -2.13. The van der Waals surface area contributed by atoms with Gasteiger partial charge in [-0.1, -0.05) is 35.6 Å². The number of fused-ring (bicyclic) bond motifs is 1. The lowest BCUT2D eigenvalue weighted by atomic mass is 10.1. The Morgan fingerprint density at radius 3 is 2.79 bits per heavy atom. The van der Waals surface area contributed by atoms with E-state index < -0.39 is 0 Å². The van der Waals surface area contributed by atoms with Crippen molar-refractivity contribution in [3.05, 3.63) is 71.9 Å². The summed E-state index contributed by atoms with van der Waals surface area (Å²) in [6.45, 7) is 4.39. The highest BCUT2D eigenvalue weighted by Crippen LogP contribution is 2.34. The molecule has 0 aliphatic heterocycles. The highest BCUT2D eigenvalue weighted by Gasteiger charge is 2.16. The van der Waals surface area contributed by atoms with Crippen molar-refractivity contribution in [2.45, 2.75) is 13.8 Å². The summed E-state index contributed by atoms with van der Waals surface area (Å²) in [6, 6.07) is 16.9. The van der Waals surface area contributed by atoms with Crippen LogP contribution in [0.25, 0.3) is 20.9 Å². The van der Waals surface area contributed by atoms with E-state index in [-0.39, 0.29) is 5.91 Å². The first-order valence-corrected chi connectivity index (χ1v) is 9.83. The number of hydrogen-bond donors (Lipinski definition) is 1. The van der Waals surface area contributed by atoms with Crippen LogP contribution >= 0.6 is 11.3 Å². The van der Waals surface area contributed by atoms with Crippen LogP contribution in [-0.2, 0) is 0 Å². The fraction of sp³-hybridized carbons (Fsp3) is 0.136. The first kappa shape index (κ1) is 18.1. The Bertz CT molecular complexity index is 1120. The fourth-order valence-electron chi connectivity index (χ4n) is 3.01. The summed E-state index contributed by atoms with van der Waals surface area (Å²) in [5.41, 5.74) is 4.09. The standard InChI is InChI=1S/C22H19N3O2S/c1-3-27-19-12-5-4-8-16(19)20(26)24-17-10-6-9-15(14(17)2)21-25-18-11-7-13-23-22(18)28-21/h4-13H,3H2,1-2H3,(H,24,26). The molecule has 0 fully saturated rings. The molecule has 2 heterocycles. The van der Waals surface area contributed by atoms with Gasteiger partial charge in [-0.25, -0.2) is 9.97 Å². The first-order valence-electron chi connectivity index (χ1n) is 9.02. The van der Waals surface area contributed by atoms with E-state index in [1.54, 1.807) is 29.7 Å². The summed E-state index contributed by atoms with van der Waals surface area (Å²) in [6.07, 6.45) is 1.77. The molecule has 1 N–H and O–H groups in total. The Morgan fingerprint density at radius 1 is 1.11 bits per heavy atom. The minimum atomic E-state index is -0.199. The second-order valence-electron chi connectivity index (χ2n) is 6.21. The van der Waals surface area contributed by atoms with Gasteiger partial charge in [0.05, 0.1) is 12.2 Å². The van der Waals surface area contributed by atoms with Crippen LogP contribution in [0.4, 0.5) is 5.69 Å². The monoisotopic (exact) mass is 389 g/mol. The maximum atomic E-state index is 12.8. The van der Waals surface area contributed by atoms with E-state index in [0.717, 1.165) is 32.2 Å². The number of anilines is 1. The highest BCUT2D eigenvalue weighted by molar-refractivity contribution is 7.21. The molecule has 4 aromatic rings. The zero-order valence-corrected chi connectivity index (χ0v) is 16.4. The van der Waals surface area contributed by atoms with E-state index in [4.69, 9.17) is 4.74 Å². The summed E-state index contributed by atoms with van der Waals surface area (Å²) in [5, 5.41) is 3.90. The van der Waals surface area contributed by atoms with Gasteiger partial charge >= 0.3 is 0 Å². The van der Waals surface area contributed by atoms with E-state index in [1.807, 2.05) is 56.3 Å². The molecule has 140 valence electrons. The molecule has 5 nitrogen and oxygen atoms in total. The summed E-state index contributed by atoms with van der Waals surface area (Å²) in [4.78, 5) is 22.8. The molecule has 0 aliphatic carbocycles. The van der Waals surface area contributed by atoms with Crippen molar-refractivity contribution in [3.63, 3.8) is 0 Å². The van der Waals surface area contributed by atoms with Crippen molar-refractivity contribution >= 4 is 33.3 Å². The minimum absolute atomic E-state index is 0.199. The minimum Gasteiger partial charge on any atom is -0.493 e. The number of rotatable bonds is 5. The number of para-hydroxylation sites is 1. The largest absolute Gasteiger partial charge is 0.493 e. The smallest absolute Gasteiger partial charge is 0.259 e. The number of ether oxygens (including phenoxy) is 1. The van der Waals surface area contributed by atoms with Gasteiger partial charge in [-0.15, -0.1) is 0 Å². The summed E-state index contributed by atoms with van der Waals surface area (Å²) < 4.78 is 5.58. The van der Waals surface area contributed by atoms with Crippen LogP contribution in [0, 0.1) is 6.92 Å². The molecule has 0 aliphatic rings. The van der Waals surface area contributed by atoms with Gasteiger partial charge in [-0.2, -0.15) is 0 Å². The van der Waals surface area contributed by atoms with E-state index >= 15 is 0 Å². The van der Waals surface area contributed by atoms with Gasteiger partial charge in [0, 0.05) is 17.4 Å². The molecule has 2 aromatic heterocycles. The molecular formula is C22H19N3O2S. The normalized spacial score (nSPS) is 10.8. The Hall–Kier alpha value is -3.25. The van der Waals surface area contributed by atoms with Crippen LogP contribution in [0.15, 0.2) is 60.8 Å². The third kappa shape index (κ3) is 3.46. The molecule has 1 amide bonds. The molecule has 0 radical (unpaired) electrons. The van der Waals surface area contributed by atoms with Gasteiger partial charge < -0.3 is 10.1 Å². The third-order valence-corrected chi connectivity index (χ3v) is 5.42. The number of hydrogen-bond acceptors (Lipinski definition) is 5. The molecule has 4 rings (SSSR count). The maximum absolute atomic E-state index is 12.8. The molecule has 0 saturated carbocycles. The third-order valence-electron chi connectivity index (χ3n) is 4.41. The molecule has 28 heavy (non-hydrogen) atoms. The summed E-state index contributed by atoms with van der Waals surface area (Å²) >= 11 is 1.54. The summed E-state index contributed by atoms with van der Waals surface area (Å²) in [5.74, 6) is 0.379. The van der Waals surface area contributed by atoms with E-state index in [0.29, 0.717) is 17.9 Å². The average molecular weight is 389 g/mol. The predicted molar refractivity (Wildman–Crippen MR) is 113 cm³/mol. The lowest BCUT2D eigenvalue weighted by Crippen LogP contribution is -2.14. The Morgan fingerprint density at radius 2 is 1.96 bits per heavy atom. The zero-order valence-electron chi connectivity index (χ0n) is 15.6. The second-order valence-corrected chi connectivity index (χ2v) is 7.19. The first-order chi connectivity index (χ1) is 13.7. The van der Waals surface area contributed by atoms with Crippen molar-refractivity contribution < 1.29 is 9.53 Å². The Labute approximate surface area is 167 Å². The maximum Gasteiger partial charge on any atom is 0.259 e. The van der Waals surface area contributed by atoms with Gasteiger partial charge in [0.1, 0.15) is 21.1 Å². The zero-order chi connectivity index (χ0) is 19.5. The number of nitrogens with zero attached hydrogens (tertiary/aromatic N) is 2. The quantitative estimate of drug-likeness (QED) is 0.502. The van der Waals surface area contributed by atoms with Crippen molar-refractivity contribution in [3.8, 4) is 16.3 Å². The van der Waals surface area contributed by atoms with Gasteiger partial charge in [0.25, 0.3) is 5.91 Å². The molecule has 0 bridgehead atoms. The molecule has 0 spiro atoms. The number of carbonyl (C=O) groups is 1. The van der Waals surface area contributed by atoms with Crippen molar-refractivity contribution in [1.82, 2.24) is 9.97 Å². The number of aromatic nitrogens is 2. The predicted octanol–water partition coefficient (Wildman–Crippen LogP) is 5.32. The molecular weight excluding hydrogens is 370 g/mol. The average Bonchev–Trinajstić information content (AvgIpc) is 3.14. The molecule has 0 atom stereocenters. The molecule has 6 heteroatoms. The number of amides is 1. The Kier molecular flexibility index (Phi) is 5.04. The van der Waals surface area contributed by atoms with Gasteiger partial charge in [-0.05, 0) is 49.7 Å². The summed E-state index contributed by atoms with van der Waals surface area (Å²) in [7, 11) is 0. The van der Waals surface area contributed by atoms with Crippen LogP contribution < -0.4 is 10.1 Å². The number of carbonyl (C=O) groups excluding carboxylic acids is 1. The van der Waals surface area contributed by atoms with Gasteiger partial charge in [0.2, 0.25) is 0 Å². The molecule has 0 saturated heterocycles. The lowest BCUT2D eigenvalue weighted by molar-refractivity contribution is 0.102. The molecule has 2 aromatic carbocycles. The number of thiazole rings is 1. The van der Waals surface area contributed by atoms with E-state index in [2.05, 4.69) is 15.3 Å². The van der Waals surface area contributed by atoms with Crippen LogP contribution in [0.5, 0.6) is 5.75 Å². The second kappa shape index (κ2) is 7.78. The van der Waals surface area contributed by atoms with Crippen LogP contribution in [0.2, 0.25) is 0 Å². The van der Waals surface area contributed by atoms with Crippen LogP contribution in [-0.4, -0.2) is 22.5 Å². The van der Waals surface area contributed by atoms with Crippen LogP contribution in [0.1, 0.15) is 22.8 Å².